The highest BCUT2D eigenvalue weighted by Gasteiger charge is 2.10. The van der Waals surface area contributed by atoms with Gasteiger partial charge in [-0.2, -0.15) is 0 Å². The molecule has 0 spiro atoms. The van der Waals surface area contributed by atoms with Gasteiger partial charge in [0.15, 0.2) is 0 Å². The number of furan rings is 1. The van der Waals surface area contributed by atoms with E-state index in [-0.39, 0.29) is 5.82 Å². The van der Waals surface area contributed by atoms with Gasteiger partial charge in [0.1, 0.15) is 41.0 Å². The molecule has 6 nitrogen and oxygen atoms in total. The first kappa shape index (κ1) is 25.4. The van der Waals surface area contributed by atoms with Crippen LogP contribution in [-0.4, -0.2) is 16.5 Å². The average molecular weight is 529 g/mol. The molecule has 0 radical (unpaired) electrons. The third kappa shape index (κ3) is 6.37. The Bertz CT molecular complexity index is 1580. The van der Waals surface area contributed by atoms with Gasteiger partial charge in [-0.1, -0.05) is 35.9 Å². The molecule has 3 aromatic carbocycles. The van der Waals surface area contributed by atoms with Crippen molar-refractivity contribution in [3.8, 4) is 11.5 Å². The molecule has 5 aromatic rings. The quantitative estimate of drug-likeness (QED) is 0.142. The lowest BCUT2D eigenvalue weighted by molar-refractivity contribution is 0.459. The number of fused-ring (bicyclic) bond motifs is 1. The number of nitrogens with zero attached hydrogens (tertiary/aromatic N) is 2. The number of rotatable bonds is 10. The highest BCUT2D eigenvalue weighted by atomic mass is 35.5. The summed E-state index contributed by atoms with van der Waals surface area (Å²) >= 11 is 6.46. The van der Waals surface area contributed by atoms with E-state index in [9.17, 15) is 4.39 Å². The number of hydrogen-bond acceptors (Lipinski definition) is 6. The van der Waals surface area contributed by atoms with Crippen molar-refractivity contribution in [3.05, 3.63) is 119 Å². The zero-order valence-electron chi connectivity index (χ0n) is 20.7. The van der Waals surface area contributed by atoms with Crippen LogP contribution in [0.2, 0.25) is 5.02 Å². The second-order valence-corrected chi connectivity index (χ2v) is 9.06. The topological polar surface area (TPSA) is 72.2 Å². The van der Waals surface area contributed by atoms with Crippen LogP contribution in [0.4, 0.5) is 15.9 Å². The van der Waals surface area contributed by atoms with Crippen molar-refractivity contribution in [1.82, 2.24) is 15.3 Å². The van der Waals surface area contributed by atoms with Crippen LogP contribution in [0.15, 0.2) is 95.7 Å². The summed E-state index contributed by atoms with van der Waals surface area (Å²) in [7, 11) is 0. The molecule has 0 unspecified atom stereocenters. The SMILES string of the molecule is C/C=C/CNCc1ccc(Cc2ccc3ncnc(Nc4ccc(Oc5cccc(F)c5)c(Cl)c4)c3c2)o1. The summed E-state index contributed by atoms with van der Waals surface area (Å²) in [6.45, 7) is 3.48. The van der Waals surface area contributed by atoms with E-state index in [4.69, 9.17) is 20.8 Å². The molecule has 192 valence electrons. The molecule has 0 atom stereocenters. The molecular weight excluding hydrogens is 503 g/mol. The Labute approximate surface area is 225 Å². The third-order valence-corrected chi connectivity index (χ3v) is 6.11. The molecule has 0 fully saturated rings. The van der Waals surface area contributed by atoms with Gasteiger partial charge in [-0.25, -0.2) is 14.4 Å². The predicted molar refractivity (Wildman–Crippen MR) is 149 cm³/mol. The van der Waals surface area contributed by atoms with Gasteiger partial charge in [0.2, 0.25) is 0 Å². The average Bonchev–Trinajstić information content (AvgIpc) is 3.36. The molecule has 8 heteroatoms. The van der Waals surface area contributed by atoms with Crippen molar-refractivity contribution in [2.75, 3.05) is 11.9 Å². The Hall–Kier alpha value is -4.20. The van der Waals surface area contributed by atoms with Crippen molar-refractivity contribution >= 4 is 34.0 Å². The first-order valence-electron chi connectivity index (χ1n) is 12.2. The summed E-state index contributed by atoms with van der Waals surface area (Å²) in [6, 6.07) is 21.3. The van der Waals surface area contributed by atoms with Gasteiger partial charge < -0.3 is 19.8 Å². The molecule has 5 rings (SSSR count). The van der Waals surface area contributed by atoms with E-state index in [1.807, 2.05) is 43.3 Å². The molecule has 38 heavy (non-hydrogen) atoms. The zero-order chi connectivity index (χ0) is 26.3. The maximum absolute atomic E-state index is 13.5. The Morgan fingerprint density at radius 3 is 2.74 bits per heavy atom. The van der Waals surface area contributed by atoms with E-state index < -0.39 is 0 Å². The smallest absolute Gasteiger partial charge is 0.146 e. The number of ether oxygens (including phenoxy) is 1. The van der Waals surface area contributed by atoms with Crippen LogP contribution in [0.1, 0.15) is 24.0 Å². The van der Waals surface area contributed by atoms with Gasteiger partial charge in [-0.15, -0.1) is 0 Å². The van der Waals surface area contributed by atoms with Crippen LogP contribution in [0.5, 0.6) is 11.5 Å². The monoisotopic (exact) mass is 528 g/mol. The Morgan fingerprint density at radius 2 is 1.89 bits per heavy atom. The Morgan fingerprint density at radius 1 is 1.00 bits per heavy atom. The molecule has 2 heterocycles. The molecule has 0 aliphatic carbocycles. The first-order valence-corrected chi connectivity index (χ1v) is 12.6. The molecular formula is C30H26ClFN4O2. The van der Waals surface area contributed by atoms with Crippen LogP contribution in [0.3, 0.4) is 0 Å². The van der Waals surface area contributed by atoms with E-state index in [1.54, 1.807) is 24.3 Å². The lowest BCUT2D eigenvalue weighted by Gasteiger charge is -2.12. The molecule has 0 aliphatic rings. The Balaban J connectivity index is 1.31. The second-order valence-electron chi connectivity index (χ2n) is 8.65. The molecule has 0 amide bonds. The minimum absolute atomic E-state index is 0.371. The summed E-state index contributed by atoms with van der Waals surface area (Å²) in [6.07, 6.45) is 6.25. The summed E-state index contributed by atoms with van der Waals surface area (Å²) in [5.41, 5.74) is 2.62. The van der Waals surface area contributed by atoms with Crippen LogP contribution in [0.25, 0.3) is 10.9 Å². The van der Waals surface area contributed by atoms with Gasteiger partial charge in [0.25, 0.3) is 0 Å². The minimum Gasteiger partial charge on any atom is -0.464 e. The van der Waals surface area contributed by atoms with Gasteiger partial charge >= 0.3 is 0 Å². The first-order chi connectivity index (χ1) is 18.6. The van der Waals surface area contributed by atoms with Crippen LogP contribution >= 0.6 is 11.6 Å². The van der Waals surface area contributed by atoms with Gasteiger partial charge in [-0.3, -0.25) is 0 Å². The normalized spacial score (nSPS) is 11.3. The van der Waals surface area contributed by atoms with Crippen molar-refractivity contribution in [3.63, 3.8) is 0 Å². The number of aromatic nitrogens is 2. The van der Waals surface area contributed by atoms with Gasteiger partial charge in [-0.05, 0) is 67.1 Å². The summed E-state index contributed by atoms with van der Waals surface area (Å²) in [5, 5.41) is 7.90. The highest BCUT2D eigenvalue weighted by molar-refractivity contribution is 6.32. The van der Waals surface area contributed by atoms with E-state index in [2.05, 4.69) is 32.7 Å². The number of anilines is 2. The van der Waals surface area contributed by atoms with Gasteiger partial charge in [0, 0.05) is 30.1 Å². The van der Waals surface area contributed by atoms with Crippen LogP contribution in [0, 0.1) is 5.82 Å². The number of nitrogens with one attached hydrogen (secondary N) is 2. The minimum atomic E-state index is -0.378. The number of hydrogen-bond donors (Lipinski definition) is 2. The van der Waals surface area contributed by atoms with Crippen molar-refractivity contribution < 1.29 is 13.5 Å². The maximum Gasteiger partial charge on any atom is 0.146 e. The van der Waals surface area contributed by atoms with Crippen molar-refractivity contribution in [2.45, 2.75) is 19.9 Å². The summed E-state index contributed by atoms with van der Waals surface area (Å²) in [4.78, 5) is 8.86. The highest BCUT2D eigenvalue weighted by Crippen LogP contribution is 2.33. The lowest BCUT2D eigenvalue weighted by atomic mass is 10.1. The van der Waals surface area contributed by atoms with E-state index in [0.717, 1.165) is 40.2 Å². The summed E-state index contributed by atoms with van der Waals surface area (Å²) in [5.74, 6) is 2.86. The fourth-order valence-corrected chi connectivity index (χ4v) is 4.20. The molecule has 2 aromatic heterocycles. The van der Waals surface area contributed by atoms with E-state index in [1.165, 1.54) is 18.5 Å². The van der Waals surface area contributed by atoms with Crippen molar-refractivity contribution in [2.24, 2.45) is 0 Å². The van der Waals surface area contributed by atoms with E-state index >= 15 is 0 Å². The maximum atomic E-state index is 13.5. The Kier molecular flexibility index (Phi) is 7.97. The molecule has 0 saturated heterocycles. The lowest BCUT2D eigenvalue weighted by Crippen LogP contribution is -2.11. The van der Waals surface area contributed by atoms with Crippen LogP contribution in [-0.2, 0) is 13.0 Å². The zero-order valence-corrected chi connectivity index (χ0v) is 21.5. The predicted octanol–water partition coefficient (Wildman–Crippen LogP) is 7.81. The molecule has 2 N–H and O–H groups in total. The van der Waals surface area contributed by atoms with Gasteiger partial charge in [0.05, 0.1) is 17.1 Å². The molecule has 0 bridgehead atoms. The fourth-order valence-electron chi connectivity index (χ4n) is 3.98. The molecule has 0 saturated carbocycles. The number of halogens is 2. The summed E-state index contributed by atoms with van der Waals surface area (Å²) < 4.78 is 25.2. The van der Waals surface area contributed by atoms with E-state index in [0.29, 0.717) is 35.3 Å². The molecule has 0 aliphatic heterocycles. The fraction of sp³-hybridized carbons (Fsp3) is 0.133. The standard InChI is InChI=1S/C30H26ClFN4O2/c1-2-3-13-33-18-25-10-9-24(37-25)14-20-7-11-28-26(15-20)30(35-19-34-28)36-22-8-12-29(27(31)17-22)38-23-6-4-5-21(32)16-23/h2-12,15-17,19,33H,13-14,18H2,1H3,(H,34,35,36)/b3-2+. The van der Waals surface area contributed by atoms with Crippen LogP contribution < -0.4 is 15.4 Å². The number of benzene rings is 3. The third-order valence-electron chi connectivity index (χ3n) is 5.81. The largest absolute Gasteiger partial charge is 0.464 e. The second kappa shape index (κ2) is 11.9. The van der Waals surface area contributed by atoms with Crippen molar-refractivity contribution in [1.29, 1.82) is 0 Å². The number of allylic oxidation sites excluding steroid dienone is 1.